The molecule has 126 valence electrons. The molecular weight excluding hydrogens is 306 g/mol. The van der Waals surface area contributed by atoms with Crippen LogP contribution in [-0.2, 0) is 11.2 Å². The second-order valence-electron chi connectivity index (χ2n) is 6.07. The highest BCUT2D eigenvalue weighted by Gasteiger charge is 2.31. The number of hydrogen-bond acceptors (Lipinski definition) is 4. The summed E-state index contributed by atoms with van der Waals surface area (Å²) in [7, 11) is 0. The van der Waals surface area contributed by atoms with E-state index in [4.69, 9.17) is 4.42 Å². The number of hydrogen-bond donors (Lipinski definition) is 1. The minimum absolute atomic E-state index is 0.0858. The summed E-state index contributed by atoms with van der Waals surface area (Å²) < 4.78 is 5.08. The SMILES string of the molecule is Cc1ncoc1C(=O)N[C@@H]1CC(=O)N(CCCc2ccccc2)C1. The van der Waals surface area contributed by atoms with Crippen LogP contribution in [0, 0.1) is 6.92 Å². The van der Waals surface area contributed by atoms with Crippen LogP contribution in [-0.4, -0.2) is 40.8 Å². The molecule has 1 atom stereocenters. The quantitative estimate of drug-likeness (QED) is 0.880. The third kappa shape index (κ3) is 3.82. The van der Waals surface area contributed by atoms with Crippen molar-refractivity contribution in [3.63, 3.8) is 0 Å². The predicted octanol–water partition coefficient (Wildman–Crippen LogP) is 1.95. The van der Waals surface area contributed by atoms with Crippen molar-refractivity contribution >= 4 is 11.8 Å². The molecule has 2 aromatic rings. The van der Waals surface area contributed by atoms with E-state index in [1.54, 1.807) is 6.92 Å². The summed E-state index contributed by atoms with van der Waals surface area (Å²) >= 11 is 0. The lowest BCUT2D eigenvalue weighted by atomic mass is 10.1. The van der Waals surface area contributed by atoms with Crippen LogP contribution in [0.2, 0.25) is 0 Å². The van der Waals surface area contributed by atoms with Crippen molar-refractivity contribution < 1.29 is 14.0 Å². The molecular formula is C18H21N3O3. The molecule has 6 nitrogen and oxygen atoms in total. The Hall–Kier alpha value is -2.63. The molecule has 1 fully saturated rings. The molecule has 0 spiro atoms. The maximum atomic E-state index is 12.1. The lowest BCUT2D eigenvalue weighted by molar-refractivity contribution is -0.127. The molecule has 0 unspecified atom stereocenters. The van der Waals surface area contributed by atoms with Gasteiger partial charge in [0.2, 0.25) is 11.7 Å². The second kappa shape index (κ2) is 7.29. The number of carbonyl (C=O) groups excluding carboxylic acids is 2. The number of oxazole rings is 1. The van der Waals surface area contributed by atoms with Gasteiger partial charge in [-0.1, -0.05) is 30.3 Å². The van der Waals surface area contributed by atoms with Crippen molar-refractivity contribution in [3.8, 4) is 0 Å². The Balaban J connectivity index is 1.47. The number of carbonyl (C=O) groups is 2. The third-order valence-corrected chi connectivity index (χ3v) is 4.24. The molecule has 1 aromatic heterocycles. The molecule has 1 aliphatic rings. The van der Waals surface area contributed by atoms with Crippen molar-refractivity contribution in [2.24, 2.45) is 0 Å². The van der Waals surface area contributed by atoms with E-state index in [9.17, 15) is 9.59 Å². The summed E-state index contributed by atoms with van der Waals surface area (Å²) in [6, 6.07) is 10.0. The van der Waals surface area contributed by atoms with Crippen LogP contribution in [0.5, 0.6) is 0 Å². The van der Waals surface area contributed by atoms with Gasteiger partial charge in [0, 0.05) is 19.5 Å². The fourth-order valence-electron chi connectivity index (χ4n) is 2.97. The molecule has 6 heteroatoms. The van der Waals surface area contributed by atoms with E-state index in [1.807, 2.05) is 23.1 Å². The van der Waals surface area contributed by atoms with Gasteiger partial charge in [-0.15, -0.1) is 0 Å². The normalized spacial score (nSPS) is 17.3. The standard InChI is InChI=1S/C18H21N3O3/c1-13-17(24-12-19-13)18(23)20-15-10-16(22)21(11-15)9-5-8-14-6-3-2-4-7-14/h2-4,6-7,12,15H,5,8-11H2,1H3,(H,20,23)/t15-/m1/s1. The van der Waals surface area contributed by atoms with Crippen LogP contribution in [0.3, 0.4) is 0 Å². The van der Waals surface area contributed by atoms with Gasteiger partial charge >= 0.3 is 0 Å². The summed E-state index contributed by atoms with van der Waals surface area (Å²) in [6.45, 7) is 2.97. The van der Waals surface area contributed by atoms with Crippen LogP contribution >= 0.6 is 0 Å². The van der Waals surface area contributed by atoms with E-state index < -0.39 is 0 Å². The molecule has 1 aliphatic heterocycles. The minimum Gasteiger partial charge on any atom is -0.438 e. The zero-order valence-electron chi connectivity index (χ0n) is 13.7. The number of nitrogens with zero attached hydrogens (tertiary/aromatic N) is 2. The Kier molecular flexibility index (Phi) is 4.93. The molecule has 0 saturated carbocycles. The average Bonchev–Trinajstić information content (AvgIpc) is 3.14. The van der Waals surface area contributed by atoms with Gasteiger partial charge in [-0.05, 0) is 25.3 Å². The highest BCUT2D eigenvalue weighted by molar-refractivity contribution is 5.93. The molecule has 2 amide bonds. The third-order valence-electron chi connectivity index (χ3n) is 4.24. The average molecular weight is 327 g/mol. The fourth-order valence-corrected chi connectivity index (χ4v) is 2.97. The van der Waals surface area contributed by atoms with E-state index in [-0.39, 0.29) is 23.6 Å². The first-order chi connectivity index (χ1) is 11.6. The van der Waals surface area contributed by atoms with E-state index in [1.165, 1.54) is 12.0 Å². The summed E-state index contributed by atoms with van der Waals surface area (Å²) in [6.07, 6.45) is 3.45. The number of benzene rings is 1. The first-order valence-corrected chi connectivity index (χ1v) is 8.16. The summed E-state index contributed by atoms with van der Waals surface area (Å²) in [5, 5.41) is 2.86. The highest BCUT2D eigenvalue weighted by Crippen LogP contribution is 2.14. The molecule has 1 N–H and O–H groups in total. The number of aryl methyl sites for hydroxylation is 2. The maximum Gasteiger partial charge on any atom is 0.289 e. The van der Waals surface area contributed by atoms with Gasteiger partial charge in [0.25, 0.3) is 5.91 Å². The number of likely N-dealkylation sites (tertiary alicyclic amines) is 1. The van der Waals surface area contributed by atoms with Gasteiger partial charge in [0.15, 0.2) is 6.39 Å². The minimum atomic E-state index is -0.311. The second-order valence-corrected chi connectivity index (χ2v) is 6.07. The molecule has 2 heterocycles. The van der Waals surface area contributed by atoms with E-state index in [2.05, 4.69) is 22.4 Å². The first kappa shape index (κ1) is 16.2. The van der Waals surface area contributed by atoms with Crippen LogP contribution in [0.15, 0.2) is 41.1 Å². The Labute approximate surface area is 140 Å². The van der Waals surface area contributed by atoms with E-state index >= 15 is 0 Å². The van der Waals surface area contributed by atoms with E-state index in [0.29, 0.717) is 25.2 Å². The van der Waals surface area contributed by atoms with Crippen LogP contribution in [0.4, 0.5) is 0 Å². The summed E-state index contributed by atoms with van der Waals surface area (Å²) in [4.78, 5) is 29.9. The Morgan fingerprint density at radius 2 is 2.17 bits per heavy atom. The summed E-state index contributed by atoms with van der Waals surface area (Å²) in [5.41, 5.74) is 1.83. The monoisotopic (exact) mass is 327 g/mol. The molecule has 3 rings (SSSR count). The molecule has 0 bridgehead atoms. The highest BCUT2D eigenvalue weighted by atomic mass is 16.3. The van der Waals surface area contributed by atoms with Crippen molar-refractivity contribution in [2.45, 2.75) is 32.2 Å². The van der Waals surface area contributed by atoms with Crippen molar-refractivity contribution in [1.82, 2.24) is 15.2 Å². The van der Waals surface area contributed by atoms with Crippen molar-refractivity contribution in [2.75, 3.05) is 13.1 Å². The van der Waals surface area contributed by atoms with Gasteiger partial charge in [-0.3, -0.25) is 9.59 Å². The Morgan fingerprint density at radius 3 is 2.88 bits per heavy atom. The predicted molar refractivity (Wildman–Crippen MR) is 88.5 cm³/mol. The smallest absolute Gasteiger partial charge is 0.289 e. The van der Waals surface area contributed by atoms with Crippen LogP contribution < -0.4 is 5.32 Å². The fraction of sp³-hybridized carbons (Fsp3) is 0.389. The zero-order chi connectivity index (χ0) is 16.9. The molecule has 24 heavy (non-hydrogen) atoms. The van der Waals surface area contributed by atoms with E-state index in [0.717, 1.165) is 12.8 Å². The van der Waals surface area contributed by atoms with Crippen molar-refractivity contribution in [1.29, 1.82) is 0 Å². The molecule has 1 saturated heterocycles. The van der Waals surface area contributed by atoms with Gasteiger partial charge in [0.1, 0.15) is 0 Å². The number of rotatable bonds is 6. The van der Waals surface area contributed by atoms with Gasteiger partial charge in [0.05, 0.1) is 11.7 Å². The largest absolute Gasteiger partial charge is 0.438 e. The Morgan fingerprint density at radius 1 is 1.38 bits per heavy atom. The number of aromatic nitrogens is 1. The zero-order valence-corrected chi connectivity index (χ0v) is 13.7. The summed E-state index contributed by atoms with van der Waals surface area (Å²) in [5.74, 6) is -0.0124. The maximum absolute atomic E-state index is 12.1. The van der Waals surface area contributed by atoms with Gasteiger partial charge in [-0.25, -0.2) is 4.98 Å². The number of amides is 2. The first-order valence-electron chi connectivity index (χ1n) is 8.16. The van der Waals surface area contributed by atoms with Crippen LogP contribution in [0.1, 0.15) is 34.7 Å². The molecule has 0 radical (unpaired) electrons. The van der Waals surface area contributed by atoms with Gasteiger partial charge < -0.3 is 14.6 Å². The van der Waals surface area contributed by atoms with Crippen LogP contribution in [0.25, 0.3) is 0 Å². The van der Waals surface area contributed by atoms with Gasteiger partial charge in [-0.2, -0.15) is 0 Å². The molecule has 0 aliphatic carbocycles. The molecule has 1 aromatic carbocycles. The lowest BCUT2D eigenvalue weighted by Crippen LogP contribution is -2.37. The Bertz CT molecular complexity index is 711. The topological polar surface area (TPSA) is 75.4 Å². The lowest BCUT2D eigenvalue weighted by Gasteiger charge is -2.17. The van der Waals surface area contributed by atoms with Crippen molar-refractivity contribution in [3.05, 3.63) is 53.7 Å². The number of nitrogens with one attached hydrogen (secondary N) is 1.